The summed E-state index contributed by atoms with van der Waals surface area (Å²) in [5.74, 6) is 0.723. The second-order valence-electron chi connectivity index (χ2n) is 6.46. The molecule has 0 saturated heterocycles. The summed E-state index contributed by atoms with van der Waals surface area (Å²) in [6.45, 7) is 6.97. The van der Waals surface area contributed by atoms with E-state index in [4.69, 9.17) is 0 Å². The van der Waals surface area contributed by atoms with Crippen molar-refractivity contribution in [3.8, 4) is 0 Å². The highest BCUT2D eigenvalue weighted by molar-refractivity contribution is 5.93. The van der Waals surface area contributed by atoms with Crippen LogP contribution in [0.25, 0.3) is 0 Å². The van der Waals surface area contributed by atoms with Crippen molar-refractivity contribution in [1.29, 1.82) is 0 Å². The molecule has 5 nitrogen and oxygen atoms in total. The van der Waals surface area contributed by atoms with Crippen molar-refractivity contribution < 1.29 is 9.59 Å². The van der Waals surface area contributed by atoms with Crippen molar-refractivity contribution in [1.82, 2.24) is 5.32 Å². The zero-order chi connectivity index (χ0) is 17.8. The van der Waals surface area contributed by atoms with Crippen LogP contribution in [0.3, 0.4) is 0 Å². The van der Waals surface area contributed by atoms with Gasteiger partial charge in [-0.1, -0.05) is 52.5 Å². The number of hydrogen-bond donors (Lipinski definition) is 3. The van der Waals surface area contributed by atoms with E-state index in [1.54, 1.807) is 31.2 Å². The lowest BCUT2D eigenvalue weighted by Crippen LogP contribution is -2.29. The van der Waals surface area contributed by atoms with Crippen molar-refractivity contribution in [3.05, 3.63) is 24.3 Å². The van der Waals surface area contributed by atoms with Gasteiger partial charge in [-0.15, -0.1) is 0 Å². The Morgan fingerprint density at radius 1 is 1.00 bits per heavy atom. The molecule has 0 heterocycles. The largest absolute Gasteiger partial charge is 0.338 e. The molecular weight excluding hydrogens is 302 g/mol. The van der Waals surface area contributed by atoms with E-state index in [-0.39, 0.29) is 11.9 Å². The van der Waals surface area contributed by atoms with Crippen LogP contribution in [0.5, 0.6) is 0 Å². The Morgan fingerprint density at radius 3 is 2.33 bits per heavy atom. The van der Waals surface area contributed by atoms with Crippen LogP contribution >= 0.6 is 0 Å². The second kappa shape index (κ2) is 11.5. The van der Waals surface area contributed by atoms with Crippen molar-refractivity contribution in [2.24, 2.45) is 5.92 Å². The number of urea groups is 1. The minimum absolute atomic E-state index is 0.0472. The molecule has 0 aromatic heterocycles. The third kappa shape index (κ3) is 9.18. The number of nitrogens with one attached hydrogen (secondary N) is 3. The van der Waals surface area contributed by atoms with Gasteiger partial charge in [0, 0.05) is 24.3 Å². The number of hydrogen-bond acceptors (Lipinski definition) is 2. The van der Waals surface area contributed by atoms with Crippen LogP contribution in [0, 0.1) is 5.92 Å². The first-order chi connectivity index (χ1) is 11.5. The number of amides is 3. The molecule has 0 aliphatic rings. The molecule has 0 fully saturated rings. The molecule has 1 aromatic rings. The average molecular weight is 333 g/mol. The number of anilines is 2. The Labute approximate surface area is 145 Å². The monoisotopic (exact) mass is 333 g/mol. The first-order valence-electron chi connectivity index (χ1n) is 8.96. The van der Waals surface area contributed by atoms with E-state index in [1.807, 2.05) is 0 Å². The molecule has 3 amide bonds. The third-order valence-electron chi connectivity index (χ3n) is 3.72. The van der Waals surface area contributed by atoms with Crippen LogP contribution in [0.15, 0.2) is 24.3 Å². The predicted octanol–water partition coefficient (Wildman–Crippen LogP) is 4.76. The van der Waals surface area contributed by atoms with Crippen LogP contribution in [0.4, 0.5) is 16.2 Å². The molecule has 1 aromatic carbocycles. The van der Waals surface area contributed by atoms with E-state index in [2.05, 4.69) is 29.8 Å². The summed E-state index contributed by atoms with van der Waals surface area (Å²) in [6.07, 6.45) is 6.33. The van der Waals surface area contributed by atoms with Crippen LogP contribution < -0.4 is 16.0 Å². The topological polar surface area (TPSA) is 70.2 Å². The molecule has 0 atom stereocenters. The smallest absolute Gasteiger partial charge is 0.319 e. The molecule has 0 radical (unpaired) electrons. The van der Waals surface area contributed by atoms with Crippen molar-refractivity contribution in [2.75, 3.05) is 17.2 Å². The molecule has 0 aliphatic heterocycles. The molecule has 0 spiro atoms. The molecule has 3 N–H and O–H groups in total. The minimum Gasteiger partial charge on any atom is -0.338 e. The molecule has 5 heteroatoms. The van der Waals surface area contributed by atoms with Crippen LogP contribution in [0.1, 0.15) is 59.3 Å². The maximum absolute atomic E-state index is 11.9. The zero-order valence-corrected chi connectivity index (χ0v) is 15.2. The van der Waals surface area contributed by atoms with E-state index < -0.39 is 0 Å². The summed E-state index contributed by atoms with van der Waals surface area (Å²) in [5, 5.41) is 8.43. The Morgan fingerprint density at radius 2 is 1.67 bits per heavy atom. The SMILES string of the molecule is CCC(=O)Nc1cccc(NC(=O)NCCCCCCC(C)C)c1. The van der Waals surface area contributed by atoms with Gasteiger partial charge in [-0.05, 0) is 30.5 Å². The van der Waals surface area contributed by atoms with Gasteiger partial charge in [-0.3, -0.25) is 4.79 Å². The second-order valence-corrected chi connectivity index (χ2v) is 6.46. The lowest BCUT2D eigenvalue weighted by atomic mass is 10.0. The van der Waals surface area contributed by atoms with E-state index >= 15 is 0 Å². The quantitative estimate of drug-likeness (QED) is 0.540. The first-order valence-corrected chi connectivity index (χ1v) is 8.96. The number of benzene rings is 1. The van der Waals surface area contributed by atoms with Gasteiger partial charge in [0.1, 0.15) is 0 Å². The average Bonchev–Trinajstić information content (AvgIpc) is 2.53. The fourth-order valence-electron chi connectivity index (χ4n) is 2.33. The summed E-state index contributed by atoms with van der Waals surface area (Å²) < 4.78 is 0. The van der Waals surface area contributed by atoms with Gasteiger partial charge < -0.3 is 16.0 Å². The van der Waals surface area contributed by atoms with Crippen molar-refractivity contribution >= 4 is 23.3 Å². The van der Waals surface area contributed by atoms with Gasteiger partial charge >= 0.3 is 6.03 Å². The number of unbranched alkanes of at least 4 members (excludes halogenated alkanes) is 3. The Bertz CT molecular complexity index is 515. The van der Waals surface area contributed by atoms with E-state index in [0.717, 1.165) is 18.8 Å². The van der Waals surface area contributed by atoms with E-state index in [1.165, 1.54) is 19.3 Å². The fraction of sp³-hybridized carbons (Fsp3) is 0.579. The summed E-state index contributed by atoms with van der Waals surface area (Å²) in [4.78, 5) is 23.3. The zero-order valence-electron chi connectivity index (χ0n) is 15.2. The van der Waals surface area contributed by atoms with E-state index in [0.29, 0.717) is 24.3 Å². The van der Waals surface area contributed by atoms with Crippen LogP contribution in [-0.2, 0) is 4.79 Å². The van der Waals surface area contributed by atoms with Crippen LogP contribution in [-0.4, -0.2) is 18.5 Å². The van der Waals surface area contributed by atoms with Gasteiger partial charge in [0.15, 0.2) is 0 Å². The lowest BCUT2D eigenvalue weighted by molar-refractivity contribution is -0.115. The Hall–Kier alpha value is -2.04. The molecule has 24 heavy (non-hydrogen) atoms. The minimum atomic E-state index is -0.212. The highest BCUT2D eigenvalue weighted by Crippen LogP contribution is 2.15. The van der Waals surface area contributed by atoms with Gasteiger partial charge in [-0.25, -0.2) is 4.79 Å². The van der Waals surface area contributed by atoms with Gasteiger partial charge in [0.2, 0.25) is 5.91 Å². The third-order valence-corrected chi connectivity index (χ3v) is 3.72. The number of carbonyl (C=O) groups is 2. The molecule has 0 bridgehead atoms. The number of rotatable bonds is 10. The lowest BCUT2D eigenvalue weighted by Gasteiger charge is -2.10. The molecular formula is C19H31N3O2. The maximum Gasteiger partial charge on any atom is 0.319 e. The van der Waals surface area contributed by atoms with Gasteiger partial charge in [0.25, 0.3) is 0 Å². The van der Waals surface area contributed by atoms with Crippen LogP contribution in [0.2, 0.25) is 0 Å². The summed E-state index contributed by atoms with van der Waals surface area (Å²) >= 11 is 0. The Kier molecular flexibility index (Phi) is 9.58. The van der Waals surface area contributed by atoms with Crippen molar-refractivity contribution in [3.63, 3.8) is 0 Å². The molecule has 0 saturated carbocycles. The first kappa shape index (κ1) is 20.0. The fourth-order valence-corrected chi connectivity index (χ4v) is 2.33. The normalized spacial score (nSPS) is 10.5. The molecule has 0 aliphatic carbocycles. The summed E-state index contributed by atoms with van der Waals surface area (Å²) in [7, 11) is 0. The van der Waals surface area contributed by atoms with Gasteiger partial charge in [-0.2, -0.15) is 0 Å². The standard InChI is InChI=1S/C19H31N3O2/c1-4-18(23)21-16-11-9-12-17(14-16)22-19(24)20-13-8-6-5-7-10-15(2)3/h9,11-12,14-15H,4-8,10,13H2,1-3H3,(H,21,23)(H2,20,22,24). The highest BCUT2D eigenvalue weighted by Gasteiger charge is 2.03. The van der Waals surface area contributed by atoms with E-state index in [9.17, 15) is 9.59 Å². The molecule has 134 valence electrons. The van der Waals surface area contributed by atoms with Crippen molar-refractivity contribution in [2.45, 2.75) is 59.3 Å². The highest BCUT2D eigenvalue weighted by atomic mass is 16.2. The Balaban J connectivity index is 2.23. The predicted molar refractivity (Wildman–Crippen MR) is 100 cm³/mol. The molecule has 0 unspecified atom stereocenters. The maximum atomic E-state index is 11.9. The molecule has 1 rings (SSSR count). The summed E-state index contributed by atoms with van der Waals surface area (Å²) in [6, 6.07) is 6.94. The number of carbonyl (C=O) groups excluding carboxylic acids is 2. The summed E-state index contributed by atoms with van der Waals surface area (Å²) in [5.41, 5.74) is 1.35. The van der Waals surface area contributed by atoms with Gasteiger partial charge in [0.05, 0.1) is 0 Å².